The molecule has 0 spiro atoms. The number of nitrogens with zero attached hydrogens (tertiary/aromatic N) is 3. The number of aliphatic hydroxyl groups excluding tert-OH is 1. The highest BCUT2D eigenvalue weighted by atomic mass is 35.5. The molecule has 5 rings (SSSR count). The Bertz CT molecular complexity index is 1370. The number of halogens is 4. The normalized spacial score (nSPS) is 16.8. The van der Waals surface area contributed by atoms with Crippen molar-refractivity contribution in [1.29, 1.82) is 0 Å². The monoisotopic (exact) mass is 546 g/mol. The molecule has 10 heteroatoms. The van der Waals surface area contributed by atoms with Crippen LogP contribution in [0.25, 0.3) is 22.5 Å². The van der Waals surface area contributed by atoms with Gasteiger partial charge in [-0.15, -0.1) is 0 Å². The number of hydrogen-bond acceptors (Lipinski definition) is 4. The third kappa shape index (κ3) is 4.90. The second-order valence-electron chi connectivity index (χ2n) is 8.19. The maximum absolute atomic E-state index is 12.9. The highest BCUT2D eigenvalue weighted by molar-refractivity contribution is 6.37. The Balaban J connectivity index is 1.48. The molecule has 1 amide bonds. The third-order valence-electron chi connectivity index (χ3n) is 5.83. The minimum absolute atomic E-state index is 0.172. The Morgan fingerprint density at radius 2 is 1.49 bits per heavy atom. The molecule has 1 heterocycles. The number of carbonyl (C=O) groups excluding carboxylic acids is 1. The Kier molecular flexibility index (Phi) is 6.75. The molecule has 0 saturated carbocycles. The molecular weight excluding hydrogens is 530 g/mol. The van der Waals surface area contributed by atoms with Gasteiger partial charge in [-0.25, -0.2) is 0 Å². The van der Waals surface area contributed by atoms with Crippen LogP contribution in [0, 0.1) is 0 Å². The van der Waals surface area contributed by atoms with Crippen LogP contribution in [-0.4, -0.2) is 32.1 Å². The Morgan fingerprint density at radius 1 is 0.914 bits per heavy atom. The molecule has 0 fully saturated rings. The van der Waals surface area contributed by atoms with Crippen LogP contribution >= 0.6 is 46.4 Å². The quantitative estimate of drug-likeness (QED) is 0.321. The summed E-state index contributed by atoms with van der Waals surface area (Å²) in [6.45, 7) is -0.172. The molecule has 1 aliphatic rings. The van der Waals surface area contributed by atoms with Crippen LogP contribution in [0.4, 0.5) is 0 Å². The predicted octanol–water partition coefficient (Wildman–Crippen LogP) is 6.00. The van der Waals surface area contributed by atoms with Gasteiger partial charge in [-0.2, -0.15) is 15.0 Å². The molecule has 2 atom stereocenters. The van der Waals surface area contributed by atoms with Crippen LogP contribution in [0.1, 0.15) is 17.2 Å². The van der Waals surface area contributed by atoms with E-state index in [-0.39, 0.29) is 12.5 Å². The van der Waals surface area contributed by atoms with Crippen LogP contribution in [-0.2, 0) is 17.8 Å². The number of hydrogen-bond donors (Lipinski definition) is 2. The van der Waals surface area contributed by atoms with E-state index in [1.54, 1.807) is 36.4 Å². The summed E-state index contributed by atoms with van der Waals surface area (Å²) in [5.41, 5.74) is 3.98. The molecule has 0 unspecified atom stereocenters. The maximum atomic E-state index is 12.9. The molecule has 3 aromatic carbocycles. The number of amides is 1. The van der Waals surface area contributed by atoms with Gasteiger partial charge in [0.15, 0.2) is 0 Å². The van der Waals surface area contributed by atoms with Gasteiger partial charge in [0.05, 0.1) is 22.2 Å². The summed E-state index contributed by atoms with van der Waals surface area (Å²) >= 11 is 25.1. The summed E-state index contributed by atoms with van der Waals surface area (Å²) in [7, 11) is 0. The van der Waals surface area contributed by atoms with Crippen LogP contribution in [0.2, 0.25) is 20.1 Å². The molecule has 6 nitrogen and oxygen atoms in total. The van der Waals surface area contributed by atoms with Crippen molar-refractivity contribution in [3.05, 3.63) is 91.9 Å². The fourth-order valence-corrected chi connectivity index (χ4v) is 5.24. The van der Waals surface area contributed by atoms with Gasteiger partial charge in [0.25, 0.3) is 0 Å². The SMILES string of the molecule is O=C(Cn1nc(-c2ccc(Cl)cc2Cl)c(-c2ccc(Cl)cc2Cl)n1)N[C@H]1c2ccccc2C[C@H]1O. The fourth-order valence-electron chi connectivity index (χ4n) is 4.24. The van der Waals surface area contributed by atoms with Crippen molar-refractivity contribution in [3.63, 3.8) is 0 Å². The molecule has 0 bridgehead atoms. The Labute approximate surface area is 221 Å². The highest BCUT2D eigenvalue weighted by Crippen LogP contribution is 2.38. The number of rotatable bonds is 5. The van der Waals surface area contributed by atoms with Gasteiger partial charge in [0, 0.05) is 27.6 Å². The van der Waals surface area contributed by atoms with Gasteiger partial charge < -0.3 is 10.4 Å². The predicted molar refractivity (Wildman–Crippen MR) is 138 cm³/mol. The molecule has 1 aliphatic carbocycles. The van der Waals surface area contributed by atoms with Crippen molar-refractivity contribution in [2.45, 2.75) is 25.1 Å². The van der Waals surface area contributed by atoms with Gasteiger partial charge in [-0.3, -0.25) is 4.79 Å². The number of aromatic nitrogens is 3. The van der Waals surface area contributed by atoms with Gasteiger partial charge in [-0.1, -0.05) is 70.7 Å². The van der Waals surface area contributed by atoms with E-state index in [1.807, 2.05) is 24.3 Å². The lowest BCUT2D eigenvalue weighted by Crippen LogP contribution is -2.36. The molecular formula is C25H18Cl4N4O2. The van der Waals surface area contributed by atoms with E-state index in [0.717, 1.165) is 11.1 Å². The van der Waals surface area contributed by atoms with Crippen molar-refractivity contribution in [3.8, 4) is 22.5 Å². The van der Waals surface area contributed by atoms with E-state index in [4.69, 9.17) is 46.4 Å². The number of aliphatic hydroxyl groups is 1. The maximum Gasteiger partial charge on any atom is 0.244 e. The largest absolute Gasteiger partial charge is 0.390 e. The lowest BCUT2D eigenvalue weighted by atomic mass is 10.0. The first kappa shape index (κ1) is 24.1. The van der Waals surface area contributed by atoms with Crippen LogP contribution in [0.5, 0.6) is 0 Å². The molecule has 178 valence electrons. The first-order valence-electron chi connectivity index (χ1n) is 10.7. The number of benzene rings is 3. The number of nitrogens with one attached hydrogen (secondary N) is 1. The standard InChI is InChI=1S/C25H18Cl4N4O2/c26-14-5-7-17(19(28)10-14)24-25(18-8-6-15(27)11-20(18)29)32-33(31-24)12-22(35)30-23-16-4-2-1-3-13(16)9-21(23)34/h1-8,10-11,21,23,34H,9,12H2,(H,30,35)/t21-,23+/m1/s1. The second kappa shape index (κ2) is 9.80. The lowest BCUT2D eigenvalue weighted by molar-refractivity contribution is -0.123. The first-order chi connectivity index (χ1) is 16.8. The minimum Gasteiger partial charge on any atom is -0.390 e. The molecule has 1 aromatic heterocycles. The van der Waals surface area contributed by atoms with Crippen molar-refractivity contribution in [2.24, 2.45) is 0 Å². The summed E-state index contributed by atoms with van der Waals surface area (Å²) in [5, 5.41) is 24.2. The van der Waals surface area contributed by atoms with E-state index in [0.29, 0.717) is 49.0 Å². The Morgan fingerprint density at radius 3 is 2.06 bits per heavy atom. The zero-order valence-corrected chi connectivity index (χ0v) is 21.1. The van der Waals surface area contributed by atoms with E-state index in [2.05, 4.69) is 15.5 Å². The topological polar surface area (TPSA) is 80.0 Å². The minimum atomic E-state index is -0.700. The molecule has 0 radical (unpaired) electrons. The van der Waals surface area contributed by atoms with Crippen molar-refractivity contribution in [2.75, 3.05) is 0 Å². The van der Waals surface area contributed by atoms with Gasteiger partial charge in [-0.05, 0) is 47.5 Å². The van der Waals surface area contributed by atoms with E-state index in [9.17, 15) is 9.90 Å². The van der Waals surface area contributed by atoms with Crippen LogP contribution < -0.4 is 5.32 Å². The van der Waals surface area contributed by atoms with E-state index in [1.165, 1.54) is 4.80 Å². The average molecular weight is 548 g/mol. The smallest absolute Gasteiger partial charge is 0.244 e. The number of fused-ring (bicyclic) bond motifs is 1. The van der Waals surface area contributed by atoms with Gasteiger partial charge >= 0.3 is 0 Å². The van der Waals surface area contributed by atoms with Gasteiger partial charge in [0.2, 0.25) is 5.91 Å². The van der Waals surface area contributed by atoms with Crippen molar-refractivity contribution >= 4 is 52.3 Å². The number of carbonyl (C=O) groups is 1. The molecule has 4 aromatic rings. The van der Waals surface area contributed by atoms with Crippen molar-refractivity contribution in [1.82, 2.24) is 20.3 Å². The summed E-state index contributed by atoms with van der Waals surface area (Å²) in [5.74, 6) is -0.344. The Hall–Kier alpha value is -2.61. The second-order valence-corrected chi connectivity index (χ2v) is 9.88. The lowest BCUT2D eigenvalue weighted by Gasteiger charge is -2.17. The summed E-state index contributed by atoms with van der Waals surface area (Å²) in [4.78, 5) is 14.2. The zero-order chi connectivity index (χ0) is 24.7. The summed E-state index contributed by atoms with van der Waals surface area (Å²) in [6, 6.07) is 17.2. The summed E-state index contributed by atoms with van der Waals surface area (Å²) < 4.78 is 0. The summed E-state index contributed by atoms with van der Waals surface area (Å²) in [6.07, 6.45) is -0.215. The first-order valence-corrected chi connectivity index (χ1v) is 12.2. The average Bonchev–Trinajstić information content (AvgIpc) is 3.34. The third-order valence-corrected chi connectivity index (χ3v) is 6.93. The molecule has 0 saturated heterocycles. The molecule has 0 aliphatic heterocycles. The van der Waals surface area contributed by atoms with Gasteiger partial charge in [0.1, 0.15) is 17.9 Å². The van der Waals surface area contributed by atoms with Crippen molar-refractivity contribution < 1.29 is 9.90 Å². The van der Waals surface area contributed by atoms with Crippen LogP contribution in [0.3, 0.4) is 0 Å². The van der Waals surface area contributed by atoms with E-state index >= 15 is 0 Å². The molecule has 2 N–H and O–H groups in total. The molecule has 35 heavy (non-hydrogen) atoms. The zero-order valence-electron chi connectivity index (χ0n) is 18.1. The highest BCUT2D eigenvalue weighted by Gasteiger charge is 2.32. The van der Waals surface area contributed by atoms with E-state index < -0.39 is 12.1 Å². The van der Waals surface area contributed by atoms with Crippen LogP contribution in [0.15, 0.2) is 60.7 Å². The fraction of sp³-hybridized carbons (Fsp3) is 0.160.